The van der Waals surface area contributed by atoms with Crippen LogP contribution in [0.15, 0.2) is 61.5 Å². The first-order valence-electron chi connectivity index (χ1n) is 8.61. The molecule has 1 aromatic heterocycles. The molecule has 0 saturated carbocycles. The zero-order chi connectivity index (χ0) is 20.5. The largest absolute Gasteiger partial charge is 0.365 e. The lowest BCUT2D eigenvalue weighted by atomic mass is 9.86. The fourth-order valence-electron chi connectivity index (χ4n) is 3.26. The Morgan fingerprint density at radius 3 is 2.71 bits per heavy atom. The van der Waals surface area contributed by atoms with Gasteiger partial charge in [-0.1, -0.05) is 30.9 Å². The van der Waals surface area contributed by atoms with Crippen molar-refractivity contribution in [3.63, 3.8) is 0 Å². The topological polar surface area (TPSA) is 53.4 Å². The monoisotopic (exact) mass is 388 g/mol. The first-order valence-corrected chi connectivity index (χ1v) is 8.61. The molecule has 0 bridgehead atoms. The van der Waals surface area contributed by atoms with E-state index in [9.17, 15) is 23.1 Å². The molecule has 1 aliphatic rings. The third-order valence-electron chi connectivity index (χ3n) is 4.93. The highest BCUT2D eigenvalue weighted by Gasteiger charge is 2.57. The number of amides is 1. The van der Waals surface area contributed by atoms with Crippen LogP contribution in [0.3, 0.4) is 0 Å². The first-order chi connectivity index (χ1) is 13.2. The Labute approximate surface area is 160 Å². The Kier molecular flexibility index (Phi) is 5.12. The van der Waals surface area contributed by atoms with Crippen molar-refractivity contribution in [2.75, 3.05) is 6.54 Å². The number of aromatic nitrogens is 1. The summed E-state index contributed by atoms with van der Waals surface area (Å²) in [4.78, 5) is 17.5. The molecular formula is C21H19F3N2O2. The number of carbonyl (C=O) groups excluding carboxylic acids is 1. The van der Waals surface area contributed by atoms with Gasteiger partial charge in [0.2, 0.25) is 5.72 Å². The van der Waals surface area contributed by atoms with Gasteiger partial charge in [0.1, 0.15) is 5.82 Å². The van der Waals surface area contributed by atoms with E-state index < -0.39 is 29.8 Å². The van der Waals surface area contributed by atoms with Crippen molar-refractivity contribution in [2.45, 2.75) is 25.0 Å². The molecule has 0 saturated heterocycles. The third kappa shape index (κ3) is 3.22. The number of aryl methyl sites for hydroxylation is 1. The summed E-state index contributed by atoms with van der Waals surface area (Å²) >= 11 is 0. The van der Waals surface area contributed by atoms with E-state index in [1.54, 1.807) is 19.1 Å². The van der Waals surface area contributed by atoms with Crippen molar-refractivity contribution in [3.05, 3.63) is 84.0 Å². The standard InChI is InChI=1S/C21H19F3N2O2/c1-3-20(23,24)21(28)12-15(16-6-4-5-7-18(16)22)9-11-26(21)19(27)17-13-25-10-8-14(17)2/h3-10,13,28H,1,11-12H2,2H3. The number of carbonyl (C=O) groups is 1. The summed E-state index contributed by atoms with van der Waals surface area (Å²) in [7, 11) is 0. The average Bonchev–Trinajstić information content (AvgIpc) is 2.68. The van der Waals surface area contributed by atoms with E-state index in [1.165, 1.54) is 36.7 Å². The molecule has 1 unspecified atom stereocenters. The molecule has 0 fully saturated rings. The maximum atomic E-state index is 14.7. The molecule has 0 aliphatic carbocycles. The second-order valence-electron chi connectivity index (χ2n) is 6.64. The molecule has 1 N–H and O–H groups in total. The van der Waals surface area contributed by atoms with Gasteiger partial charge in [-0.3, -0.25) is 9.78 Å². The highest BCUT2D eigenvalue weighted by atomic mass is 19.3. The highest BCUT2D eigenvalue weighted by Crippen LogP contribution is 2.43. The van der Waals surface area contributed by atoms with E-state index in [1.807, 2.05) is 0 Å². The van der Waals surface area contributed by atoms with Crippen LogP contribution in [0.25, 0.3) is 5.57 Å². The lowest BCUT2D eigenvalue weighted by Gasteiger charge is -2.46. The molecule has 0 radical (unpaired) electrons. The van der Waals surface area contributed by atoms with Crippen LogP contribution in [0.2, 0.25) is 0 Å². The summed E-state index contributed by atoms with van der Waals surface area (Å²) in [5.41, 5.74) is -1.98. The van der Waals surface area contributed by atoms with Gasteiger partial charge in [-0.15, -0.1) is 0 Å². The van der Waals surface area contributed by atoms with Crippen molar-refractivity contribution in [2.24, 2.45) is 0 Å². The van der Waals surface area contributed by atoms with E-state index >= 15 is 0 Å². The Balaban J connectivity index is 2.09. The van der Waals surface area contributed by atoms with E-state index in [4.69, 9.17) is 0 Å². The average molecular weight is 388 g/mol. The Morgan fingerprint density at radius 2 is 2.07 bits per heavy atom. The van der Waals surface area contributed by atoms with Gasteiger partial charge in [-0.25, -0.2) is 4.39 Å². The van der Waals surface area contributed by atoms with Gasteiger partial charge in [0.05, 0.1) is 5.56 Å². The molecule has 1 aliphatic heterocycles. The molecule has 7 heteroatoms. The number of pyridine rings is 1. The summed E-state index contributed by atoms with van der Waals surface area (Å²) in [6, 6.07) is 7.27. The van der Waals surface area contributed by atoms with Crippen molar-refractivity contribution in [1.29, 1.82) is 0 Å². The number of aliphatic hydroxyl groups is 1. The maximum absolute atomic E-state index is 14.7. The predicted molar refractivity (Wildman–Crippen MR) is 99.1 cm³/mol. The summed E-state index contributed by atoms with van der Waals surface area (Å²) < 4.78 is 43.6. The maximum Gasteiger partial charge on any atom is 0.313 e. The molecule has 1 amide bonds. The van der Waals surface area contributed by atoms with Crippen LogP contribution < -0.4 is 0 Å². The van der Waals surface area contributed by atoms with E-state index in [0.717, 1.165) is 0 Å². The van der Waals surface area contributed by atoms with Crippen LogP contribution in [0, 0.1) is 12.7 Å². The second kappa shape index (κ2) is 7.24. The molecular weight excluding hydrogens is 369 g/mol. The summed E-state index contributed by atoms with van der Waals surface area (Å²) in [6.45, 7) is 4.42. The quantitative estimate of drug-likeness (QED) is 0.807. The number of hydrogen-bond acceptors (Lipinski definition) is 3. The van der Waals surface area contributed by atoms with Crippen molar-refractivity contribution >= 4 is 11.5 Å². The van der Waals surface area contributed by atoms with E-state index in [2.05, 4.69) is 11.6 Å². The molecule has 4 nitrogen and oxygen atoms in total. The van der Waals surface area contributed by atoms with E-state index in [-0.39, 0.29) is 23.2 Å². The second-order valence-corrected chi connectivity index (χ2v) is 6.64. The smallest absolute Gasteiger partial charge is 0.313 e. The molecule has 1 aromatic carbocycles. The number of nitrogens with zero attached hydrogens (tertiary/aromatic N) is 2. The summed E-state index contributed by atoms with van der Waals surface area (Å²) in [5, 5.41) is 11.0. The van der Waals surface area contributed by atoms with Crippen LogP contribution in [0.5, 0.6) is 0 Å². The van der Waals surface area contributed by atoms with Crippen molar-refractivity contribution < 1.29 is 23.1 Å². The Bertz CT molecular complexity index is 958. The molecule has 146 valence electrons. The van der Waals surface area contributed by atoms with Crippen LogP contribution >= 0.6 is 0 Å². The lowest BCUT2D eigenvalue weighted by Crippen LogP contribution is -2.63. The lowest BCUT2D eigenvalue weighted by molar-refractivity contribution is -0.214. The van der Waals surface area contributed by atoms with Gasteiger partial charge >= 0.3 is 5.92 Å². The molecule has 3 rings (SSSR count). The fraction of sp³-hybridized carbons (Fsp3) is 0.238. The molecule has 0 spiro atoms. The summed E-state index contributed by atoms with van der Waals surface area (Å²) in [5.74, 6) is -5.22. The van der Waals surface area contributed by atoms with Crippen molar-refractivity contribution in [1.82, 2.24) is 9.88 Å². The number of rotatable bonds is 4. The molecule has 2 heterocycles. The Morgan fingerprint density at radius 1 is 1.36 bits per heavy atom. The minimum atomic E-state index is -3.83. The zero-order valence-electron chi connectivity index (χ0n) is 15.2. The van der Waals surface area contributed by atoms with Crippen molar-refractivity contribution in [3.8, 4) is 0 Å². The van der Waals surface area contributed by atoms with Gasteiger partial charge < -0.3 is 10.0 Å². The molecule has 2 aromatic rings. The predicted octanol–water partition coefficient (Wildman–Crippen LogP) is 3.97. The number of hydrogen-bond donors (Lipinski definition) is 1. The summed E-state index contributed by atoms with van der Waals surface area (Å²) in [6.07, 6.45) is 3.85. The number of alkyl halides is 2. The van der Waals surface area contributed by atoms with Crippen LogP contribution in [-0.2, 0) is 0 Å². The number of halogens is 3. The van der Waals surface area contributed by atoms with Crippen LogP contribution in [0.4, 0.5) is 13.2 Å². The van der Waals surface area contributed by atoms with Gasteiger partial charge in [-0.2, -0.15) is 8.78 Å². The molecule has 1 atom stereocenters. The van der Waals surface area contributed by atoms with Gasteiger partial charge in [0, 0.05) is 30.9 Å². The third-order valence-corrected chi connectivity index (χ3v) is 4.93. The van der Waals surface area contributed by atoms with E-state index in [0.29, 0.717) is 16.5 Å². The normalized spacial score (nSPS) is 19.9. The minimum Gasteiger partial charge on any atom is -0.365 e. The van der Waals surface area contributed by atoms with Gasteiger partial charge in [0.15, 0.2) is 0 Å². The van der Waals surface area contributed by atoms with Gasteiger partial charge in [-0.05, 0) is 36.3 Å². The Hall–Kier alpha value is -2.93. The zero-order valence-corrected chi connectivity index (χ0v) is 15.2. The molecule has 28 heavy (non-hydrogen) atoms. The van der Waals surface area contributed by atoms with Crippen LogP contribution in [-0.4, -0.2) is 39.1 Å². The van der Waals surface area contributed by atoms with Gasteiger partial charge in [0.25, 0.3) is 5.91 Å². The highest BCUT2D eigenvalue weighted by molar-refractivity contribution is 5.96. The minimum absolute atomic E-state index is 0.100. The van der Waals surface area contributed by atoms with Crippen LogP contribution in [0.1, 0.15) is 27.9 Å². The SMILES string of the molecule is C=CC(F)(F)C1(O)CC(c2ccccc2F)=CCN1C(=O)c1cnccc1C. The first kappa shape index (κ1) is 19.8. The number of benzene rings is 1. The fourth-order valence-corrected chi connectivity index (χ4v) is 3.26.